The third-order valence-corrected chi connectivity index (χ3v) is 3.17. The number of nitrogens with one attached hydrogen (secondary N) is 1. The molecule has 0 bridgehead atoms. The van der Waals surface area contributed by atoms with Crippen LogP contribution in [0.15, 0.2) is 41.0 Å². The van der Waals surface area contributed by atoms with Crippen molar-refractivity contribution >= 4 is 0 Å². The van der Waals surface area contributed by atoms with Crippen molar-refractivity contribution in [1.82, 2.24) is 5.32 Å². The molecule has 0 fully saturated rings. The number of ether oxygens (including phenoxy) is 1. The van der Waals surface area contributed by atoms with E-state index in [0.29, 0.717) is 24.9 Å². The van der Waals surface area contributed by atoms with Gasteiger partial charge in [-0.25, -0.2) is 8.78 Å². The molecule has 0 aliphatic carbocycles. The highest BCUT2D eigenvalue weighted by Gasteiger charge is 2.15. The summed E-state index contributed by atoms with van der Waals surface area (Å²) in [5.74, 6) is 0.248. The van der Waals surface area contributed by atoms with Crippen molar-refractivity contribution in [3.8, 4) is 0 Å². The van der Waals surface area contributed by atoms with Crippen LogP contribution in [0.25, 0.3) is 0 Å². The van der Waals surface area contributed by atoms with Gasteiger partial charge in [0.25, 0.3) is 0 Å². The molecule has 22 heavy (non-hydrogen) atoms. The highest BCUT2D eigenvalue weighted by molar-refractivity contribution is 5.19. The van der Waals surface area contributed by atoms with E-state index in [4.69, 9.17) is 9.15 Å². The smallest absolute Gasteiger partial charge is 0.127 e. The van der Waals surface area contributed by atoms with Crippen LogP contribution in [0.1, 0.15) is 31.2 Å². The molecule has 1 heterocycles. The summed E-state index contributed by atoms with van der Waals surface area (Å²) in [7, 11) is 0. The molecule has 0 spiro atoms. The first-order valence-corrected chi connectivity index (χ1v) is 7.34. The van der Waals surface area contributed by atoms with Crippen molar-refractivity contribution in [1.29, 1.82) is 0 Å². The molecule has 0 saturated carbocycles. The Morgan fingerprint density at radius 1 is 1.18 bits per heavy atom. The molecule has 5 heteroatoms. The van der Waals surface area contributed by atoms with Crippen molar-refractivity contribution in [2.24, 2.45) is 5.92 Å². The van der Waals surface area contributed by atoms with Crippen LogP contribution >= 0.6 is 0 Å². The molecular weight excluding hydrogens is 288 g/mol. The second-order valence-electron chi connectivity index (χ2n) is 5.62. The van der Waals surface area contributed by atoms with Crippen molar-refractivity contribution in [3.05, 3.63) is 59.6 Å². The summed E-state index contributed by atoms with van der Waals surface area (Å²) in [6.07, 6.45) is 1.58. The quantitative estimate of drug-likeness (QED) is 0.798. The standard InChI is InChI=1S/C17H21F2NO2/c1-12(2)10-21-11-16(17-4-3-7-22-17)20-9-13-8-14(18)5-6-15(13)19/h3-8,12,16,20H,9-11H2,1-2H3. The van der Waals surface area contributed by atoms with Gasteiger partial charge in [-0.15, -0.1) is 0 Å². The average Bonchev–Trinajstić information content (AvgIpc) is 2.99. The van der Waals surface area contributed by atoms with Crippen LogP contribution in [0, 0.1) is 17.6 Å². The minimum Gasteiger partial charge on any atom is -0.468 e. The number of hydrogen-bond donors (Lipinski definition) is 1. The van der Waals surface area contributed by atoms with Gasteiger partial charge in [-0.05, 0) is 36.2 Å². The van der Waals surface area contributed by atoms with E-state index in [9.17, 15) is 8.78 Å². The van der Waals surface area contributed by atoms with Gasteiger partial charge in [-0.2, -0.15) is 0 Å². The molecule has 0 saturated heterocycles. The Hall–Kier alpha value is -1.72. The monoisotopic (exact) mass is 309 g/mol. The summed E-state index contributed by atoms with van der Waals surface area (Å²) in [5.41, 5.74) is 0.278. The van der Waals surface area contributed by atoms with E-state index in [-0.39, 0.29) is 18.2 Å². The zero-order chi connectivity index (χ0) is 15.9. The lowest BCUT2D eigenvalue weighted by molar-refractivity contribution is 0.0843. The van der Waals surface area contributed by atoms with Gasteiger partial charge in [0.05, 0.1) is 18.9 Å². The number of rotatable bonds is 8. The van der Waals surface area contributed by atoms with E-state index < -0.39 is 11.6 Å². The average molecular weight is 309 g/mol. The molecule has 0 aliphatic heterocycles. The summed E-state index contributed by atoms with van der Waals surface area (Å²) < 4.78 is 37.9. The van der Waals surface area contributed by atoms with Crippen molar-refractivity contribution in [3.63, 3.8) is 0 Å². The minimum atomic E-state index is -0.455. The van der Waals surface area contributed by atoms with Crippen LogP contribution in [-0.4, -0.2) is 13.2 Å². The third-order valence-electron chi connectivity index (χ3n) is 3.17. The molecule has 2 aromatic rings. The minimum absolute atomic E-state index is 0.194. The SMILES string of the molecule is CC(C)COCC(NCc1cc(F)ccc1F)c1ccco1. The van der Waals surface area contributed by atoms with E-state index >= 15 is 0 Å². The Bertz CT molecular complexity index is 570. The van der Waals surface area contributed by atoms with Crippen LogP contribution in [0.2, 0.25) is 0 Å². The zero-order valence-corrected chi connectivity index (χ0v) is 12.8. The van der Waals surface area contributed by atoms with Crippen molar-refractivity contribution in [2.75, 3.05) is 13.2 Å². The lowest BCUT2D eigenvalue weighted by Gasteiger charge is -2.18. The van der Waals surface area contributed by atoms with Crippen molar-refractivity contribution < 1.29 is 17.9 Å². The first kappa shape index (κ1) is 16.6. The Morgan fingerprint density at radius 2 is 2.00 bits per heavy atom. The third kappa shape index (κ3) is 4.93. The van der Waals surface area contributed by atoms with Crippen LogP contribution in [0.3, 0.4) is 0 Å². The molecule has 1 N–H and O–H groups in total. The second kappa shape index (κ2) is 8.06. The van der Waals surface area contributed by atoms with E-state index in [2.05, 4.69) is 19.2 Å². The van der Waals surface area contributed by atoms with Gasteiger partial charge < -0.3 is 14.5 Å². The van der Waals surface area contributed by atoms with E-state index in [1.807, 2.05) is 6.07 Å². The molecule has 1 aromatic heterocycles. The predicted molar refractivity (Wildman–Crippen MR) is 80.3 cm³/mol. The maximum absolute atomic E-state index is 13.7. The number of furan rings is 1. The van der Waals surface area contributed by atoms with Gasteiger partial charge >= 0.3 is 0 Å². The summed E-state index contributed by atoms with van der Waals surface area (Å²) in [6.45, 7) is 5.37. The van der Waals surface area contributed by atoms with Crippen LogP contribution in [0.5, 0.6) is 0 Å². The fraction of sp³-hybridized carbons (Fsp3) is 0.412. The van der Waals surface area contributed by atoms with E-state index in [1.54, 1.807) is 12.3 Å². The molecule has 1 unspecified atom stereocenters. The highest BCUT2D eigenvalue weighted by Crippen LogP contribution is 2.17. The molecule has 0 radical (unpaired) electrons. The van der Waals surface area contributed by atoms with Gasteiger partial charge in [0.1, 0.15) is 17.4 Å². The predicted octanol–water partition coefficient (Wildman–Crippen LogP) is 4.06. The number of halogens is 2. The zero-order valence-electron chi connectivity index (χ0n) is 12.8. The van der Waals surface area contributed by atoms with Gasteiger partial charge in [-0.3, -0.25) is 0 Å². The van der Waals surface area contributed by atoms with Crippen molar-refractivity contribution in [2.45, 2.75) is 26.4 Å². The highest BCUT2D eigenvalue weighted by atomic mass is 19.1. The van der Waals surface area contributed by atoms with Crippen LogP contribution in [0.4, 0.5) is 8.78 Å². The van der Waals surface area contributed by atoms with Gasteiger partial charge in [-0.1, -0.05) is 13.8 Å². The molecule has 0 aliphatic rings. The lowest BCUT2D eigenvalue weighted by Crippen LogP contribution is -2.26. The molecule has 1 aromatic carbocycles. The maximum atomic E-state index is 13.7. The van der Waals surface area contributed by atoms with E-state index in [0.717, 1.165) is 12.1 Å². The second-order valence-corrected chi connectivity index (χ2v) is 5.62. The first-order valence-electron chi connectivity index (χ1n) is 7.34. The normalized spacial score (nSPS) is 12.8. The Labute approximate surface area is 129 Å². The number of benzene rings is 1. The molecule has 0 amide bonds. The molecular formula is C17H21F2NO2. The Balaban J connectivity index is 1.98. The Kier molecular flexibility index (Phi) is 6.10. The molecule has 1 atom stereocenters. The fourth-order valence-corrected chi connectivity index (χ4v) is 2.06. The lowest BCUT2D eigenvalue weighted by atomic mass is 10.1. The molecule has 2 rings (SSSR count). The van der Waals surface area contributed by atoms with Crippen LogP contribution in [-0.2, 0) is 11.3 Å². The summed E-state index contributed by atoms with van der Waals surface area (Å²) in [5, 5.41) is 3.15. The summed E-state index contributed by atoms with van der Waals surface area (Å²) in [6, 6.07) is 6.83. The van der Waals surface area contributed by atoms with E-state index in [1.165, 1.54) is 6.07 Å². The summed E-state index contributed by atoms with van der Waals surface area (Å²) >= 11 is 0. The fourth-order valence-electron chi connectivity index (χ4n) is 2.06. The number of hydrogen-bond acceptors (Lipinski definition) is 3. The molecule has 3 nitrogen and oxygen atoms in total. The largest absolute Gasteiger partial charge is 0.468 e. The summed E-state index contributed by atoms with van der Waals surface area (Å²) in [4.78, 5) is 0. The van der Waals surface area contributed by atoms with Gasteiger partial charge in [0.2, 0.25) is 0 Å². The first-order chi connectivity index (χ1) is 10.6. The van der Waals surface area contributed by atoms with Crippen LogP contribution < -0.4 is 5.32 Å². The Morgan fingerprint density at radius 3 is 2.68 bits per heavy atom. The van der Waals surface area contributed by atoms with Gasteiger partial charge in [0, 0.05) is 18.7 Å². The maximum Gasteiger partial charge on any atom is 0.127 e. The topological polar surface area (TPSA) is 34.4 Å². The molecule has 120 valence electrons. The van der Waals surface area contributed by atoms with Gasteiger partial charge in [0.15, 0.2) is 0 Å².